The van der Waals surface area contributed by atoms with Gasteiger partial charge in [0, 0.05) is 17.0 Å². The highest BCUT2D eigenvalue weighted by Crippen LogP contribution is 2.61. The second kappa shape index (κ2) is 13.1. The van der Waals surface area contributed by atoms with E-state index in [1.54, 1.807) is 0 Å². The molecular formula is C40H42FN3O6. The van der Waals surface area contributed by atoms with Crippen LogP contribution in [0.25, 0.3) is 0 Å². The third-order valence-electron chi connectivity index (χ3n) is 11.0. The number of Topliss-reactive ketones (excluding diaryl/α,β-unsaturated/α-hetero) is 3. The van der Waals surface area contributed by atoms with Crippen LogP contribution in [-0.4, -0.2) is 41.5 Å². The molecule has 50 heavy (non-hydrogen) atoms. The van der Waals surface area contributed by atoms with Gasteiger partial charge in [-0.05, 0) is 62.0 Å². The molecule has 10 heteroatoms. The first-order chi connectivity index (χ1) is 24.1. The van der Waals surface area contributed by atoms with Gasteiger partial charge in [0.2, 0.25) is 0 Å². The molecule has 5 unspecified atom stereocenters. The number of hydrogen-bond acceptors (Lipinski definition) is 9. The molecule has 3 aliphatic rings. The monoisotopic (exact) mass is 679 g/mol. The van der Waals surface area contributed by atoms with E-state index in [9.17, 15) is 9.59 Å². The first-order valence-corrected chi connectivity index (χ1v) is 17.4. The van der Waals surface area contributed by atoms with Crippen molar-refractivity contribution >= 4 is 23.0 Å². The number of carbonyl (C=O) groups is 3. The lowest BCUT2D eigenvalue weighted by Gasteiger charge is -2.53. The molecule has 0 amide bonds. The Kier molecular flexibility index (Phi) is 8.84. The molecule has 3 aliphatic carbocycles. The van der Waals surface area contributed by atoms with Crippen LogP contribution in [0.3, 0.4) is 0 Å². The van der Waals surface area contributed by atoms with Gasteiger partial charge in [-0.2, -0.15) is 0 Å². The smallest absolute Gasteiger partial charge is 0.265 e. The number of nitrogen functional groups attached to an aromatic ring is 1. The average Bonchev–Trinajstić information content (AvgIpc) is 3.54. The summed E-state index contributed by atoms with van der Waals surface area (Å²) in [5, 5.41) is 4.18. The van der Waals surface area contributed by atoms with Gasteiger partial charge in [-0.1, -0.05) is 80.9 Å². The molecule has 1 saturated carbocycles. The van der Waals surface area contributed by atoms with Crippen LogP contribution in [0.4, 0.5) is 10.1 Å². The number of hydrogen-bond donors (Lipinski definition) is 1. The molecule has 5 atom stereocenters. The number of anilines is 1. The second-order valence-corrected chi connectivity index (χ2v) is 14.0. The summed E-state index contributed by atoms with van der Waals surface area (Å²) in [6.45, 7) is 4.00. The predicted octanol–water partition coefficient (Wildman–Crippen LogP) is 6.96. The zero-order chi connectivity index (χ0) is 35.3. The van der Waals surface area contributed by atoms with Crippen molar-refractivity contribution in [2.24, 2.45) is 23.2 Å². The van der Waals surface area contributed by atoms with Crippen molar-refractivity contribution in [3.63, 3.8) is 0 Å². The molecule has 0 bridgehead atoms. The number of nitrogens with zero attached hydrogens (tertiary/aromatic N) is 2. The summed E-state index contributed by atoms with van der Waals surface area (Å²) in [7, 11) is 3.73. The van der Waals surface area contributed by atoms with Gasteiger partial charge < -0.3 is 19.7 Å². The molecule has 0 aliphatic heterocycles. The highest BCUT2D eigenvalue weighted by Gasteiger charge is 2.67. The van der Waals surface area contributed by atoms with E-state index in [-0.39, 0.29) is 60.1 Å². The fourth-order valence-electron chi connectivity index (χ4n) is 8.73. The van der Waals surface area contributed by atoms with Crippen molar-refractivity contribution in [1.82, 2.24) is 10.1 Å². The maximum Gasteiger partial charge on any atom is 0.265 e. The van der Waals surface area contributed by atoms with Gasteiger partial charge >= 0.3 is 0 Å². The molecule has 0 radical (unpaired) electrons. The van der Waals surface area contributed by atoms with Gasteiger partial charge in [0.25, 0.3) is 5.88 Å². The molecule has 4 aromatic rings. The lowest BCUT2D eigenvalue weighted by molar-refractivity contribution is -0.142. The fourth-order valence-corrected chi connectivity index (χ4v) is 8.73. The summed E-state index contributed by atoms with van der Waals surface area (Å²) < 4.78 is 34.6. The van der Waals surface area contributed by atoms with E-state index in [0.717, 1.165) is 11.1 Å². The number of nitrogens with two attached hydrogens (primary N) is 1. The molecular weight excluding hydrogens is 637 g/mol. The minimum Gasteiger partial charge on any atom is -0.486 e. The Bertz CT molecular complexity index is 1960. The quantitative estimate of drug-likeness (QED) is 0.140. The summed E-state index contributed by atoms with van der Waals surface area (Å²) in [5.74, 6) is -3.74. The minimum atomic E-state index is -1.55. The molecule has 0 spiro atoms. The topological polar surface area (TPSA) is 125 Å². The number of ketones is 3. The van der Waals surface area contributed by atoms with Crippen LogP contribution >= 0.6 is 0 Å². The normalized spacial score (nSPS) is 24.0. The number of aromatic nitrogens is 1. The Morgan fingerprint density at radius 1 is 0.960 bits per heavy atom. The first kappa shape index (κ1) is 33.7. The Labute approximate surface area is 290 Å². The number of carbonyl (C=O) groups excluding carboxylic acids is 3. The molecule has 3 aromatic carbocycles. The van der Waals surface area contributed by atoms with E-state index >= 15 is 9.18 Å². The van der Waals surface area contributed by atoms with Gasteiger partial charge in [-0.15, -0.1) is 0 Å². The number of halogens is 1. The third kappa shape index (κ3) is 5.14. The van der Waals surface area contributed by atoms with Crippen LogP contribution in [0, 0.1) is 29.0 Å². The Morgan fingerprint density at radius 3 is 2.20 bits per heavy atom. The van der Waals surface area contributed by atoms with E-state index in [1.807, 2.05) is 93.5 Å². The molecule has 1 fully saturated rings. The van der Waals surface area contributed by atoms with Crippen molar-refractivity contribution < 1.29 is 32.8 Å². The highest BCUT2D eigenvalue weighted by molar-refractivity contribution is 6.25. The van der Waals surface area contributed by atoms with Crippen LogP contribution < -0.4 is 15.2 Å². The lowest BCUT2D eigenvalue weighted by Crippen LogP contribution is -2.61. The highest BCUT2D eigenvalue weighted by atomic mass is 19.1. The van der Waals surface area contributed by atoms with Gasteiger partial charge in [0.05, 0.1) is 28.6 Å². The van der Waals surface area contributed by atoms with Crippen LogP contribution in [-0.2, 0) is 30.8 Å². The first-order valence-electron chi connectivity index (χ1n) is 17.4. The Hall–Kier alpha value is -4.83. The van der Waals surface area contributed by atoms with Crippen LogP contribution in [0.5, 0.6) is 11.6 Å². The van der Waals surface area contributed by atoms with Crippen LogP contribution in [0.1, 0.15) is 87.9 Å². The van der Waals surface area contributed by atoms with Crippen molar-refractivity contribution in [3.05, 3.63) is 106 Å². The van der Waals surface area contributed by atoms with E-state index < -0.39 is 52.4 Å². The summed E-state index contributed by atoms with van der Waals surface area (Å²) in [5.41, 5.74) is 7.54. The Balaban J connectivity index is 1.32. The van der Waals surface area contributed by atoms with Crippen LogP contribution in [0.15, 0.2) is 65.2 Å². The molecule has 7 rings (SSSR count). The van der Waals surface area contributed by atoms with Crippen molar-refractivity contribution in [1.29, 1.82) is 0 Å². The average molecular weight is 680 g/mol. The fraction of sp³-hybridized carbons (Fsp3) is 0.400. The second-order valence-electron chi connectivity index (χ2n) is 14.0. The predicted molar refractivity (Wildman–Crippen MR) is 184 cm³/mol. The summed E-state index contributed by atoms with van der Waals surface area (Å²) in [4.78, 5) is 46.6. The SMILES string of the molecule is CCCc1c(N)c(OCc2ccccc2)c2c(c1F)CC1CC3C(N(C)C)c4onc(OCc5ccccc5)c4C(=O)C3(CC)C(=O)C1C2=O. The number of ether oxygens (including phenoxy) is 2. The number of fused-ring (bicyclic) bond motifs is 4. The lowest BCUT2D eigenvalue weighted by atomic mass is 9.48. The largest absolute Gasteiger partial charge is 0.486 e. The zero-order valence-corrected chi connectivity index (χ0v) is 28.8. The molecule has 1 heterocycles. The van der Waals surface area contributed by atoms with Crippen molar-refractivity contribution in [2.45, 2.75) is 65.2 Å². The number of rotatable bonds is 10. The summed E-state index contributed by atoms with van der Waals surface area (Å²) in [6, 6.07) is 18.4. The van der Waals surface area contributed by atoms with Gasteiger partial charge in [-0.25, -0.2) is 4.39 Å². The molecule has 9 nitrogen and oxygen atoms in total. The third-order valence-corrected chi connectivity index (χ3v) is 11.0. The summed E-state index contributed by atoms with van der Waals surface area (Å²) >= 11 is 0. The molecule has 2 N–H and O–H groups in total. The van der Waals surface area contributed by atoms with Crippen LogP contribution in [0.2, 0.25) is 0 Å². The Morgan fingerprint density at radius 2 is 1.60 bits per heavy atom. The molecule has 260 valence electrons. The molecule has 1 aromatic heterocycles. The standard InChI is InChI=1S/C40H42FN3O6/c1-5-13-25-31(41)26-18-24-19-27-33(44(3)4)36-30(39(43-50-36)49-21-23-16-11-8-12-17-23)38(47)40(27,6-2)37(46)28(24)34(45)29(26)35(32(25)42)48-20-22-14-9-7-10-15-22/h7-12,14-17,24,27-28,33H,5-6,13,18-21,42H2,1-4H3. The van der Waals surface area contributed by atoms with E-state index in [2.05, 4.69) is 5.16 Å². The zero-order valence-electron chi connectivity index (χ0n) is 28.8. The summed E-state index contributed by atoms with van der Waals surface area (Å²) in [6.07, 6.45) is 1.64. The minimum absolute atomic E-state index is 0.0139. The van der Waals surface area contributed by atoms with Gasteiger partial charge in [0.1, 0.15) is 24.6 Å². The number of benzene rings is 3. The van der Waals surface area contributed by atoms with Gasteiger partial charge in [0.15, 0.2) is 28.9 Å². The maximum absolute atomic E-state index is 16.4. The van der Waals surface area contributed by atoms with Gasteiger partial charge in [-0.3, -0.25) is 19.3 Å². The maximum atomic E-state index is 16.4. The van der Waals surface area contributed by atoms with E-state index in [1.165, 1.54) is 0 Å². The van der Waals surface area contributed by atoms with E-state index in [4.69, 9.17) is 19.7 Å². The molecule has 0 saturated heterocycles. The van der Waals surface area contributed by atoms with Crippen molar-refractivity contribution in [2.75, 3.05) is 19.8 Å². The van der Waals surface area contributed by atoms with E-state index in [0.29, 0.717) is 30.6 Å². The van der Waals surface area contributed by atoms with Crippen molar-refractivity contribution in [3.8, 4) is 11.6 Å².